The summed E-state index contributed by atoms with van der Waals surface area (Å²) < 4.78 is 0. The third kappa shape index (κ3) is 0.735. The van der Waals surface area contributed by atoms with Crippen molar-refractivity contribution in [2.45, 2.75) is 11.4 Å². The Bertz CT molecular complexity index is 282. The fourth-order valence-electron chi connectivity index (χ4n) is 1.11. The Labute approximate surface area is 66.7 Å². The smallest absolute Gasteiger partial charge is 0.239 e. The van der Waals surface area contributed by atoms with E-state index in [2.05, 4.69) is 10.0 Å². The number of fused-ring (bicyclic) bond motifs is 1. The van der Waals surface area contributed by atoms with Gasteiger partial charge in [0.25, 0.3) is 0 Å². The second-order valence-corrected chi connectivity index (χ2v) is 3.23. The highest BCUT2D eigenvalue weighted by Crippen LogP contribution is 2.38. The zero-order chi connectivity index (χ0) is 7.84. The van der Waals surface area contributed by atoms with Gasteiger partial charge in [0.1, 0.15) is 11.4 Å². The van der Waals surface area contributed by atoms with Gasteiger partial charge in [-0.05, 0) is 10.9 Å². The van der Waals surface area contributed by atoms with Crippen LogP contribution in [0.25, 0.3) is 10.4 Å². The van der Waals surface area contributed by atoms with Crippen LogP contribution in [0.4, 0.5) is 0 Å². The first-order chi connectivity index (χ1) is 5.34. The molecule has 6 heteroatoms. The lowest BCUT2D eigenvalue weighted by Crippen LogP contribution is -2.57. The predicted octanol–water partition coefficient (Wildman–Crippen LogP) is 1.05. The van der Waals surface area contributed by atoms with Crippen LogP contribution in [0.5, 0.6) is 0 Å². The molecule has 1 amide bonds. The van der Waals surface area contributed by atoms with Gasteiger partial charge in [-0.1, -0.05) is 5.11 Å². The van der Waals surface area contributed by atoms with E-state index in [1.165, 1.54) is 11.8 Å². The van der Waals surface area contributed by atoms with Gasteiger partial charge in [-0.15, -0.1) is 11.8 Å². The van der Waals surface area contributed by atoms with Gasteiger partial charge in [-0.25, -0.2) is 0 Å². The van der Waals surface area contributed by atoms with Crippen molar-refractivity contribution in [3.8, 4) is 0 Å². The second kappa shape index (κ2) is 2.18. The zero-order valence-corrected chi connectivity index (χ0v) is 6.23. The molecule has 2 aliphatic heterocycles. The Morgan fingerprint density at radius 2 is 2.64 bits per heavy atom. The molecule has 2 rings (SSSR count). The van der Waals surface area contributed by atoms with Crippen molar-refractivity contribution in [3.63, 3.8) is 0 Å². The van der Waals surface area contributed by atoms with Crippen LogP contribution < -0.4 is 0 Å². The molecule has 0 aromatic carbocycles. The van der Waals surface area contributed by atoms with E-state index in [4.69, 9.17) is 5.53 Å². The molecule has 0 aromatic rings. The molecule has 1 fully saturated rings. The first-order valence-corrected chi connectivity index (χ1v) is 3.97. The summed E-state index contributed by atoms with van der Waals surface area (Å²) in [6.45, 7) is 0. The van der Waals surface area contributed by atoms with Crippen LogP contribution >= 0.6 is 11.8 Å². The van der Waals surface area contributed by atoms with E-state index in [1.54, 1.807) is 11.1 Å². The molecule has 0 aliphatic carbocycles. The molecule has 0 radical (unpaired) electrons. The molecule has 0 bridgehead atoms. The molecule has 0 N–H and O–H groups in total. The number of azide groups is 1. The van der Waals surface area contributed by atoms with Gasteiger partial charge in [0.05, 0.1) is 0 Å². The summed E-state index contributed by atoms with van der Waals surface area (Å²) in [5.74, 6) is -0.103. The highest BCUT2D eigenvalue weighted by Gasteiger charge is 2.47. The minimum absolute atomic E-state index is 0.0263. The number of nitrogens with zero attached hydrogens (tertiary/aromatic N) is 4. The molecule has 1 saturated heterocycles. The van der Waals surface area contributed by atoms with Crippen molar-refractivity contribution < 1.29 is 4.79 Å². The fraction of sp³-hybridized carbons (Fsp3) is 0.400. The predicted molar refractivity (Wildman–Crippen MR) is 40.3 cm³/mol. The van der Waals surface area contributed by atoms with Gasteiger partial charge in [-0.2, -0.15) is 0 Å². The maximum absolute atomic E-state index is 11.0. The van der Waals surface area contributed by atoms with Gasteiger partial charge in [-0.3, -0.25) is 4.79 Å². The average Bonchev–Trinajstić information content (AvgIpc) is 2.44. The third-order valence-electron chi connectivity index (χ3n) is 1.67. The molecule has 0 aromatic heterocycles. The summed E-state index contributed by atoms with van der Waals surface area (Å²) >= 11 is 1.50. The number of hydrogen-bond acceptors (Lipinski definition) is 3. The van der Waals surface area contributed by atoms with E-state index in [-0.39, 0.29) is 11.3 Å². The molecule has 2 heterocycles. The maximum atomic E-state index is 11.0. The van der Waals surface area contributed by atoms with Crippen molar-refractivity contribution in [1.82, 2.24) is 4.90 Å². The van der Waals surface area contributed by atoms with Crippen LogP contribution in [0.1, 0.15) is 0 Å². The summed E-state index contributed by atoms with van der Waals surface area (Å²) in [7, 11) is 0. The molecule has 1 unspecified atom stereocenters. The molecule has 2 aliphatic rings. The molecule has 5 nitrogen and oxygen atoms in total. The molecular weight excluding hydrogens is 164 g/mol. The first kappa shape index (κ1) is 6.57. The SMILES string of the molecule is [N-]=[N+]=NC1C(=O)N2C=CS[C@@H]12. The Morgan fingerprint density at radius 3 is 3.36 bits per heavy atom. The fourth-order valence-corrected chi connectivity index (χ4v) is 2.10. The molecule has 0 spiro atoms. The van der Waals surface area contributed by atoms with Crippen LogP contribution in [0.15, 0.2) is 16.7 Å². The number of carbonyl (C=O) groups excluding carboxylic acids is 1. The van der Waals surface area contributed by atoms with Gasteiger partial charge in [0, 0.05) is 11.1 Å². The number of rotatable bonds is 1. The van der Waals surface area contributed by atoms with E-state index in [9.17, 15) is 4.79 Å². The van der Waals surface area contributed by atoms with Gasteiger partial charge < -0.3 is 4.90 Å². The highest BCUT2D eigenvalue weighted by atomic mass is 32.2. The van der Waals surface area contributed by atoms with Gasteiger partial charge in [0.2, 0.25) is 5.91 Å². The summed E-state index contributed by atoms with van der Waals surface area (Å²) in [6, 6.07) is -0.486. The van der Waals surface area contributed by atoms with Crippen LogP contribution in [0, 0.1) is 0 Å². The topological polar surface area (TPSA) is 69.1 Å². The number of hydrogen-bond donors (Lipinski definition) is 0. The van der Waals surface area contributed by atoms with E-state index in [0.717, 1.165) is 0 Å². The Kier molecular flexibility index (Phi) is 1.30. The largest absolute Gasteiger partial charge is 0.304 e. The summed E-state index contributed by atoms with van der Waals surface area (Å²) in [5.41, 5.74) is 8.10. The lowest BCUT2D eigenvalue weighted by Gasteiger charge is -2.37. The molecule has 2 atom stereocenters. The second-order valence-electron chi connectivity index (χ2n) is 2.21. The van der Waals surface area contributed by atoms with E-state index in [0.29, 0.717) is 0 Å². The van der Waals surface area contributed by atoms with Crippen molar-refractivity contribution in [1.29, 1.82) is 0 Å². The number of carbonyl (C=O) groups is 1. The highest BCUT2D eigenvalue weighted by molar-refractivity contribution is 8.03. The lowest BCUT2D eigenvalue weighted by molar-refractivity contribution is -0.139. The van der Waals surface area contributed by atoms with Gasteiger partial charge >= 0.3 is 0 Å². The summed E-state index contributed by atoms with van der Waals surface area (Å²) in [5, 5.41) is 5.24. The monoisotopic (exact) mass is 168 g/mol. The normalized spacial score (nSPS) is 32.7. The Balaban J connectivity index is 2.18. The standard InChI is InChI=1S/C5H4N4OS/c6-8-7-3-4(10)9-1-2-11-5(3)9/h1-3,5H/t3?,5-/m0/s1. The first-order valence-electron chi connectivity index (χ1n) is 3.03. The maximum Gasteiger partial charge on any atom is 0.239 e. The van der Waals surface area contributed by atoms with E-state index < -0.39 is 6.04 Å². The Hall–Kier alpha value is -1.13. The minimum atomic E-state index is -0.486. The van der Waals surface area contributed by atoms with Crippen LogP contribution in [-0.4, -0.2) is 22.2 Å². The van der Waals surface area contributed by atoms with Crippen LogP contribution in [0.2, 0.25) is 0 Å². The number of β-lactam (4-membered cyclic amide) rings is 1. The molecule has 56 valence electrons. The van der Waals surface area contributed by atoms with Gasteiger partial charge in [0.15, 0.2) is 0 Å². The molecular formula is C5H4N4OS. The average molecular weight is 168 g/mol. The minimum Gasteiger partial charge on any atom is -0.304 e. The number of thioether (sulfide) groups is 1. The van der Waals surface area contributed by atoms with Crippen molar-refractivity contribution in [2.75, 3.05) is 0 Å². The van der Waals surface area contributed by atoms with Crippen LogP contribution in [0.3, 0.4) is 0 Å². The molecule has 11 heavy (non-hydrogen) atoms. The zero-order valence-electron chi connectivity index (χ0n) is 5.41. The third-order valence-corrected chi connectivity index (χ3v) is 2.71. The molecule has 0 saturated carbocycles. The lowest BCUT2D eigenvalue weighted by atomic mass is 10.1. The summed E-state index contributed by atoms with van der Waals surface area (Å²) in [6.07, 6.45) is 1.71. The summed E-state index contributed by atoms with van der Waals surface area (Å²) in [4.78, 5) is 15.2. The van der Waals surface area contributed by atoms with Crippen molar-refractivity contribution >= 4 is 17.7 Å². The van der Waals surface area contributed by atoms with E-state index >= 15 is 0 Å². The number of amides is 1. The Morgan fingerprint density at radius 1 is 1.82 bits per heavy atom. The van der Waals surface area contributed by atoms with Crippen molar-refractivity contribution in [2.24, 2.45) is 5.11 Å². The van der Waals surface area contributed by atoms with E-state index in [1.807, 2.05) is 5.41 Å². The quantitative estimate of drug-likeness (QED) is 0.254. The van der Waals surface area contributed by atoms with Crippen molar-refractivity contribution in [3.05, 3.63) is 22.1 Å². The van der Waals surface area contributed by atoms with Crippen LogP contribution in [-0.2, 0) is 4.79 Å².